The van der Waals surface area contributed by atoms with Crippen LogP contribution < -0.4 is 11.1 Å². The van der Waals surface area contributed by atoms with Gasteiger partial charge in [-0.2, -0.15) is 0 Å². The van der Waals surface area contributed by atoms with E-state index in [0.717, 1.165) is 0 Å². The number of carbonyl (C=O) groups excluding carboxylic acids is 2. The highest BCUT2D eigenvalue weighted by atomic mass is 19.1. The number of nitrogens with one attached hydrogen (secondary N) is 1. The number of nitrogen functional groups attached to an aromatic ring is 1. The average Bonchev–Trinajstić information content (AvgIpc) is 2.40. The van der Waals surface area contributed by atoms with E-state index in [-0.39, 0.29) is 23.7 Å². The summed E-state index contributed by atoms with van der Waals surface area (Å²) in [6.45, 7) is 2.22. The number of halogens is 1. The van der Waals surface area contributed by atoms with Gasteiger partial charge in [0.1, 0.15) is 5.82 Å². The number of benzene rings is 1. The molecule has 0 aliphatic heterocycles. The number of anilines is 1. The van der Waals surface area contributed by atoms with E-state index in [4.69, 9.17) is 5.73 Å². The van der Waals surface area contributed by atoms with Crippen molar-refractivity contribution in [2.75, 3.05) is 25.9 Å². The predicted molar refractivity (Wildman–Crippen MR) is 71.1 cm³/mol. The smallest absolute Gasteiger partial charge is 0.256 e. The van der Waals surface area contributed by atoms with Crippen molar-refractivity contribution < 1.29 is 14.0 Å². The highest BCUT2D eigenvalue weighted by molar-refractivity contribution is 6.00. The topological polar surface area (TPSA) is 75.4 Å². The maximum atomic E-state index is 13.3. The lowest BCUT2D eigenvalue weighted by Crippen LogP contribution is -2.40. The minimum atomic E-state index is -0.637. The molecule has 19 heavy (non-hydrogen) atoms. The first-order chi connectivity index (χ1) is 9.01. The summed E-state index contributed by atoms with van der Waals surface area (Å²) >= 11 is 0. The summed E-state index contributed by atoms with van der Waals surface area (Å²) in [5, 5.41) is 2.45. The van der Waals surface area contributed by atoms with E-state index in [2.05, 4.69) is 5.32 Å². The van der Waals surface area contributed by atoms with Gasteiger partial charge in [-0.25, -0.2) is 4.39 Å². The van der Waals surface area contributed by atoms with Crippen molar-refractivity contribution in [3.05, 3.63) is 29.6 Å². The van der Waals surface area contributed by atoms with Crippen LogP contribution in [0.15, 0.2) is 18.2 Å². The highest BCUT2D eigenvalue weighted by Gasteiger charge is 2.20. The normalized spacial score (nSPS) is 10.1. The van der Waals surface area contributed by atoms with Gasteiger partial charge >= 0.3 is 0 Å². The Morgan fingerprint density at radius 1 is 1.42 bits per heavy atom. The van der Waals surface area contributed by atoms with Gasteiger partial charge in [-0.15, -0.1) is 0 Å². The molecule has 0 bridgehead atoms. The zero-order chi connectivity index (χ0) is 14.4. The van der Waals surface area contributed by atoms with Crippen molar-refractivity contribution in [3.63, 3.8) is 0 Å². The third-order valence-corrected chi connectivity index (χ3v) is 2.68. The number of nitrogens with zero attached hydrogens (tertiary/aromatic N) is 1. The summed E-state index contributed by atoms with van der Waals surface area (Å²) in [6.07, 6.45) is 0.692. The molecule has 5 nitrogen and oxygen atoms in total. The van der Waals surface area contributed by atoms with Crippen molar-refractivity contribution in [2.24, 2.45) is 0 Å². The van der Waals surface area contributed by atoms with E-state index < -0.39 is 11.7 Å². The Balaban J connectivity index is 2.98. The number of nitrogens with two attached hydrogens (primary N) is 1. The molecule has 0 heterocycles. The third kappa shape index (κ3) is 3.67. The predicted octanol–water partition coefficient (Wildman–Crippen LogP) is 1.01. The zero-order valence-electron chi connectivity index (χ0n) is 11.1. The Morgan fingerprint density at radius 2 is 2.11 bits per heavy atom. The molecule has 0 aromatic heterocycles. The molecular formula is C13H18FN3O2. The molecular weight excluding hydrogens is 249 g/mol. The second-order valence-corrected chi connectivity index (χ2v) is 4.10. The van der Waals surface area contributed by atoms with Gasteiger partial charge in [0.25, 0.3) is 5.91 Å². The Kier molecular flexibility index (Phi) is 5.29. The molecule has 0 atom stereocenters. The second kappa shape index (κ2) is 6.72. The van der Waals surface area contributed by atoms with E-state index in [1.54, 1.807) is 0 Å². The number of carbonyl (C=O) groups is 2. The van der Waals surface area contributed by atoms with Crippen molar-refractivity contribution in [1.29, 1.82) is 0 Å². The SMILES string of the molecule is CCCN(CC(=O)NC)C(=O)c1cccc(F)c1N. The van der Waals surface area contributed by atoms with Crippen molar-refractivity contribution in [2.45, 2.75) is 13.3 Å². The van der Waals surface area contributed by atoms with Crippen LogP contribution in [0.3, 0.4) is 0 Å². The van der Waals surface area contributed by atoms with Crippen LogP contribution >= 0.6 is 0 Å². The van der Waals surface area contributed by atoms with Crippen molar-refractivity contribution in [1.82, 2.24) is 10.2 Å². The standard InChI is InChI=1S/C13H18FN3O2/c1-3-7-17(8-11(18)16-2)13(19)9-5-4-6-10(14)12(9)15/h4-6H,3,7-8,15H2,1-2H3,(H,16,18). The first-order valence-corrected chi connectivity index (χ1v) is 6.05. The molecule has 1 aromatic rings. The number of amides is 2. The summed E-state index contributed by atoms with van der Waals surface area (Å²) in [7, 11) is 1.49. The van der Waals surface area contributed by atoms with E-state index >= 15 is 0 Å². The number of likely N-dealkylation sites (N-methyl/N-ethyl adjacent to an activating group) is 1. The van der Waals surface area contributed by atoms with Crippen molar-refractivity contribution >= 4 is 17.5 Å². The fourth-order valence-electron chi connectivity index (χ4n) is 1.67. The first kappa shape index (κ1) is 14.9. The maximum absolute atomic E-state index is 13.3. The number of hydrogen-bond donors (Lipinski definition) is 2. The molecule has 0 aliphatic carbocycles. The number of hydrogen-bond acceptors (Lipinski definition) is 3. The molecule has 0 fully saturated rings. The quantitative estimate of drug-likeness (QED) is 0.782. The Morgan fingerprint density at radius 3 is 2.68 bits per heavy atom. The molecule has 104 valence electrons. The van der Waals surface area contributed by atoms with Crippen LogP contribution in [-0.2, 0) is 4.79 Å². The van der Waals surface area contributed by atoms with Gasteiger partial charge in [0, 0.05) is 13.6 Å². The van der Waals surface area contributed by atoms with Gasteiger partial charge in [-0.1, -0.05) is 13.0 Å². The van der Waals surface area contributed by atoms with Gasteiger partial charge < -0.3 is 16.0 Å². The molecule has 2 amide bonds. The lowest BCUT2D eigenvalue weighted by Gasteiger charge is -2.22. The van der Waals surface area contributed by atoms with Crippen LogP contribution in [0.5, 0.6) is 0 Å². The van der Waals surface area contributed by atoms with Crippen LogP contribution in [0.1, 0.15) is 23.7 Å². The Bertz CT molecular complexity index is 477. The lowest BCUT2D eigenvalue weighted by molar-refractivity contribution is -0.121. The molecule has 1 rings (SSSR count). The molecule has 0 aliphatic rings. The van der Waals surface area contributed by atoms with E-state index in [9.17, 15) is 14.0 Å². The van der Waals surface area contributed by atoms with Crippen LogP contribution in [0.2, 0.25) is 0 Å². The van der Waals surface area contributed by atoms with Gasteiger partial charge in [-0.05, 0) is 18.6 Å². The Labute approximate surface area is 111 Å². The highest BCUT2D eigenvalue weighted by Crippen LogP contribution is 2.17. The van der Waals surface area contributed by atoms with Crippen LogP contribution in [-0.4, -0.2) is 36.9 Å². The molecule has 0 saturated heterocycles. The summed E-state index contributed by atoms with van der Waals surface area (Å²) in [4.78, 5) is 25.0. The first-order valence-electron chi connectivity index (χ1n) is 6.05. The van der Waals surface area contributed by atoms with E-state index in [0.29, 0.717) is 13.0 Å². The Hall–Kier alpha value is -2.11. The summed E-state index contributed by atoms with van der Waals surface area (Å²) in [6, 6.07) is 4.06. The molecule has 0 saturated carbocycles. The maximum Gasteiger partial charge on any atom is 0.256 e. The minimum Gasteiger partial charge on any atom is -0.396 e. The average molecular weight is 267 g/mol. The van der Waals surface area contributed by atoms with Crippen molar-refractivity contribution in [3.8, 4) is 0 Å². The van der Waals surface area contributed by atoms with Gasteiger partial charge in [0.15, 0.2) is 0 Å². The van der Waals surface area contributed by atoms with Gasteiger partial charge in [0.05, 0.1) is 17.8 Å². The molecule has 0 spiro atoms. The fourth-order valence-corrected chi connectivity index (χ4v) is 1.67. The summed E-state index contributed by atoms with van der Waals surface area (Å²) < 4.78 is 13.3. The number of para-hydroxylation sites is 1. The van der Waals surface area contributed by atoms with E-state index in [1.807, 2.05) is 6.92 Å². The van der Waals surface area contributed by atoms with Gasteiger partial charge in [0.2, 0.25) is 5.91 Å². The largest absolute Gasteiger partial charge is 0.396 e. The molecule has 1 aromatic carbocycles. The minimum absolute atomic E-state index is 0.0703. The number of rotatable bonds is 5. The van der Waals surface area contributed by atoms with Crippen LogP contribution in [0.25, 0.3) is 0 Å². The van der Waals surface area contributed by atoms with E-state index in [1.165, 1.54) is 30.1 Å². The van der Waals surface area contributed by atoms with Crippen LogP contribution in [0.4, 0.5) is 10.1 Å². The molecule has 6 heteroatoms. The summed E-state index contributed by atoms with van der Waals surface area (Å²) in [5.41, 5.74) is 5.45. The van der Waals surface area contributed by atoms with Gasteiger partial charge in [-0.3, -0.25) is 9.59 Å². The monoisotopic (exact) mass is 267 g/mol. The fraction of sp³-hybridized carbons (Fsp3) is 0.385. The molecule has 0 radical (unpaired) electrons. The van der Waals surface area contributed by atoms with Crippen LogP contribution in [0, 0.1) is 5.82 Å². The molecule has 3 N–H and O–H groups in total. The zero-order valence-corrected chi connectivity index (χ0v) is 11.1. The second-order valence-electron chi connectivity index (χ2n) is 4.10. The summed E-state index contributed by atoms with van der Waals surface area (Å²) in [5.74, 6) is -1.36. The third-order valence-electron chi connectivity index (χ3n) is 2.68. The lowest BCUT2D eigenvalue weighted by atomic mass is 10.1. The molecule has 0 unspecified atom stereocenters.